The zero-order valence-electron chi connectivity index (χ0n) is 9.95. The first-order chi connectivity index (χ1) is 7.45. The van der Waals surface area contributed by atoms with Gasteiger partial charge in [0.2, 0.25) is 0 Å². The van der Waals surface area contributed by atoms with Crippen LogP contribution in [0.15, 0.2) is 23.3 Å². The Morgan fingerprint density at radius 3 is 2.31 bits per heavy atom. The number of aliphatic hydroxyl groups excluding tert-OH is 1. The Labute approximate surface area is 95.6 Å². The molecule has 0 fully saturated rings. The summed E-state index contributed by atoms with van der Waals surface area (Å²) >= 11 is 0. The highest BCUT2D eigenvalue weighted by Crippen LogP contribution is 2.06. The van der Waals surface area contributed by atoms with Gasteiger partial charge in [0, 0.05) is 13.0 Å². The average molecular weight is 226 g/mol. The van der Waals surface area contributed by atoms with E-state index in [4.69, 9.17) is 5.11 Å². The third-order valence-corrected chi connectivity index (χ3v) is 1.89. The molecular formula is C12H18O4. The molecule has 0 radical (unpaired) electrons. The van der Waals surface area contributed by atoms with Crippen LogP contribution in [0.5, 0.6) is 0 Å². The first kappa shape index (κ1) is 14.6. The lowest BCUT2D eigenvalue weighted by atomic mass is 10.1. The third-order valence-electron chi connectivity index (χ3n) is 1.89. The Morgan fingerprint density at radius 2 is 1.81 bits per heavy atom. The van der Waals surface area contributed by atoms with Gasteiger partial charge >= 0.3 is 11.9 Å². The molecule has 4 heteroatoms. The predicted molar refractivity (Wildman–Crippen MR) is 60.6 cm³/mol. The summed E-state index contributed by atoms with van der Waals surface area (Å²) in [7, 11) is 0. The van der Waals surface area contributed by atoms with Crippen molar-refractivity contribution >= 4 is 11.9 Å². The van der Waals surface area contributed by atoms with E-state index >= 15 is 0 Å². The van der Waals surface area contributed by atoms with E-state index in [0.29, 0.717) is 6.42 Å². The first-order valence-corrected chi connectivity index (χ1v) is 5.11. The Morgan fingerprint density at radius 1 is 1.19 bits per heavy atom. The monoisotopic (exact) mass is 226 g/mol. The normalized spacial score (nSPS) is 12.5. The van der Waals surface area contributed by atoms with Crippen molar-refractivity contribution in [1.29, 1.82) is 0 Å². The molecule has 0 aliphatic rings. The smallest absolute Gasteiger partial charge is 0.338 e. The van der Waals surface area contributed by atoms with Crippen LogP contribution in [-0.4, -0.2) is 23.7 Å². The SMILES string of the molecule is CC(=O)OC(=O)/C=C(\C)CC/C=C(\C)CO. The van der Waals surface area contributed by atoms with Crippen LogP contribution in [0.3, 0.4) is 0 Å². The molecule has 0 aromatic heterocycles. The highest BCUT2D eigenvalue weighted by Gasteiger charge is 2.02. The lowest BCUT2D eigenvalue weighted by Crippen LogP contribution is -2.06. The summed E-state index contributed by atoms with van der Waals surface area (Å²) in [6, 6.07) is 0. The second-order valence-corrected chi connectivity index (χ2v) is 3.65. The summed E-state index contributed by atoms with van der Waals surface area (Å²) in [6.07, 6.45) is 4.67. The Balaban J connectivity index is 4.05. The highest BCUT2D eigenvalue weighted by atomic mass is 16.6. The van der Waals surface area contributed by atoms with Crippen molar-refractivity contribution in [3.63, 3.8) is 0 Å². The third kappa shape index (κ3) is 7.94. The topological polar surface area (TPSA) is 63.6 Å². The van der Waals surface area contributed by atoms with Crippen LogP contribution < -0.4 is 0 Å². The number of esters is 2. The van der Waals surface area contributed by atoms with Crippen molar-refractivity contribution in [2.24, 2.45) is 0 Å². The second-order valence-electron chi connectivity index (χ2n) is 3.65. The van der Waals surface area contributed by atoms with Gasteiger partial charge in [0.1, 0.15) is 0 Å². The van der Waals surface area contributed by atoms with Crippen molar-refractivity contribution in [2.75, 3.05) is 6.61 Å². The van der Waals surface area contributed by atoms with Gasteiger partial charge in [-0.15, -0.1) is 0 Å². The Bertz CT molecular complexity index is 313. The van der Waals surface area contributed by atoms with Gasteiger partial charge < -0.3 is 9.84 Å². The minimum atomic E-state index is -0.632. The Kier molecular flexibility index (Phi) is 7.12. The molecule has 1 N–H and O–H groups in total. The maximum absolute atomic E-state index is 11.0. The van der Waals surface area contributed by atoms with Crippen LogP contribution in [0.1, 0.15) is 33.6 Å². The molecule has 4 nitrogen and oxygen atoms in total. The summed E-state index contributed by atoms with van der Waals surface area (Å²) in [6.45, 7) is 4.87. The fraction of sp³-hybridized carbons (Fsp3) is 0.500. The van der Waals surface area contributed by atoms with Gasteiger partial charge in [-0.3, -0.25) is 4.79 Å². The molecule has 0 unspecified atom stereocenters. The number of carbonyl (C=O) groups is 2. The molecule has 0 amide bonds. The summed E-state index contributed by atoms with van der Waals surface area (Å²) < 4.78 is 4.36. The number of rotatable bonds is 5. The summed E-state index contributed by atoms with van der Waals surface area (Å²) in [5, 5.41) is 8.75. The molecule has 0 atom stereocenters. The van der Waals surface area contributed by atoms with Crippen molar-refractivity contribution in [1.82, 2.24) is 0 Å². The number of hydrogen-bond donors (Lipinski definition) is 1. The van der Waals surface area contributed by atoms with Gasteiger partial charge in [0.25, 0.3) is 0 Å². The maximum Gasteiger partial charge on any atom is 0.338 e. The number of carbonyl (C=O) groups excluding carboxylic acids is 2. The molecule has 0 aliphatic carbocycles. The molecule has 0 aliphatic heterocycles. The molecule has 0 spiro atoms. The molecular weight excluding hydrogens is 208 g/mol. The second kappa shape index (κ2) is 7.82. The standard InChI is InChI=1S/C12H18O4/c1-9(5-4-6-10(2)8-13)7-12(15)16-11(3)14/h6-7,13H,4-5,8H2,1-3H3/b9-7+,10-6+. The van der Waals surface area contributed by atoms with Crippen molar-refractivity contribution in [2.45, 2.75) is 33.6 Å². The predicted octanol–water partition coefficient (Wildman–Crippen LogP) is 1.74. The zero-order valence-corrected chi connectivity index (χ0v) is 9.95. The van der Waals surface area contributed by atoms with E-state index in [9.17, 15) is 9.59 Å². The average Bonchev–Trinajstić information content (AvgIpc) is 2.15. The van der Waals surface area contributed by atoms with Crippen LogP contribution in [0.2, 0.25) is 0 Å². The lowest BCUT2D eigenvalue weighted by Gasteiger charge is -1.99. The van der Waals surface area contributed by atoms with E-state index in [2.05, 4.69) is 4.74 Å². The van der Waals surface area contributed by atoms with Crippen LogP contribution in [-0.2, 0) is 14.3 Å². The number of ether oxygens (including phenoxy) is 1. The first-order valence-electron chi connectivity index (χ1n) is 5.11. The number of allylic oxidation sites excluding steroid dienone is 2. The largest absolute Gasteiger partial charge is 0.392 e. The van der Waals surface area contributed by atoms with E-state index < -0.39 is 11.9 Å². The molecule has 0 saturated carbocycles. The molecule has 0 bridgehead atoms. The molecule has 0 aromatic rings. The number of aliphatic hydroxyl groups is 1. The molecule has 0 rings (SSSR count). The summed E-state index contributed by atoms with van der Waals surface area (Å²) in [5.74, 6) is -1.24. The Hall–Kier alpha value is -1.42. The van der Waals surface area contributed by atoms with Gasteiger partial charge in [-0.05, 0) is 26.7 Å². The van der Waals surface area contributed by atoms with Gasteiger partial charge in [0.15, 0.2) is 0 Å². The fourth-order valence-electron chi connectivity index (χ4n) is 1.06. The van der Waals surface area contributed by atoms with Gasteiger partial charge in [-0.2, -0.15) is 0 Å². The number of hydrogen-bond acceptors (Lipinski definition) is 4. The van der Waals surface area contributed by atoms with E-state index in [0.717, 1.165) is 17.6 Å². The van der Waals surface area contributed by atoms with Crippen molar-refractivity contribution in [3.8, 4) is 0 Å². The van der Waals surface area contributed by atoms with Crippen LogP contribution in [0, 0.1) is 0 Å². The summed E-state index contributed by atoms with van der Waals surface area (Å²) in [5.41, 5.74) is 1.74. The molecule has 0 heterocycles. The molecule has 0 saturated heterocycles. The molecule has 90 valence electrons. The minimum absolute atomic E-state index is 0.0507. The van der Waals surface area contributed by atoms with Gasteiger partial charge in [0.05, 0.1) is 6.61 Å². The van der Waals surface area contributed by atoms with E-state index in [1.165, 1.54) is 13.0 Å². The minimum Gasteiger partial charge on any atom is -0.392 e. The van der Waals surface area contributed by atoms with Crippen molar-refractivity contribution in [3.05, 3.63) is 23.3 Å². The van der Waals surface area contributed by atoms with E-state index in [1.54, 1.807) is 6.92 Å². The van der Waals surface area contributed by atoms with E-state index in [1.807, 2.05) is 13.0 Å². The van der Waals surface area contributed by atoms with Gasteiger partial charge in [-0.1, -0.05) is 17.2 Å². The van der Waals surface area contributed by atoms with Crippen LogP contribution >= 0.6 is 0 Å². The lowest BCUT2D eigenvalue weighted by molar-refractivity contribution is -0.154. The highest BCUT2D eigenvalue weighted by molar-refractivity contribution is 5.91. The zero-order chi connectivity index (χ0) is 12.6. The molecule has 16 heavy (non-hydrogen) atoms. The summed E-state index contributed by atoms with van der Waals surface area (Å²) in [4.78, 5) is 21.5. The van der Waals surface area contributed by atoms with Crippen LogP contribution in [0.4, 0.5) is 0 Å². The van der Waals surface area contributed by atoms with Crippen LogP contribution in [0.25, 0.3) is 0 Å². The maximum atomic E-state index is 11.0. The van der Waals surface area contributed by atoms with E-state index in [-0.39, 0.29) is 6.61 Å². The fourth-order valence-corrected chi connectivity index (χ4v) is 1.06. The quantitative estimate of drug-likeness (QED) is 0.335. The molecule has 0 aromatic carbocycles. The van der Waals surface area contributed by atoms with Gasteiger partial charge in [-0.25, -0.2) is 4.79 Å². The van der Waals surface area contributed by atoms with Crippen molar-refractivity contribution < 1.29 is 19.4 Å².